The van der Waals surface area contributed by atoms with Crippen LogP contribution in [0.4, 0.5) is 0 Å². The number of hydrogen-bond donors (Lipinski definition) is 2. The van der Waals surface area contributed by atoms with E-state index >= 15 is 0 Å². The number of nitrogens with one attached hydrogen (secondary N) is 2. The number of aryl methyl sites for hydroxylation is 2. The van der Waals surface area contributed by atoms with Crippen LogP contribution >= 0.6 is 0 Å². The molecular weight excluding hydrogens is 334 g/mol. The highest BCUT2D eigenvalue weighted by molar-refractivity contribution is 5.79. The minimum atomic E-state index is 0.441. The lowest BCUT2D eigenvalue weighted by Crippen LogP contribution is -2.37. The summed E-state index contributed by atoms with van der Waals surface area (Å²) in [5.41, 5.74) is 1.21. The Morgan fingerprint density at radius 2 is 2.12 bits per heavy atom. The molecular formula is C18H27N5O3. The number of hydrogen-bond acceptors (Lipinski definition) is 6. The lowest BCUT2D eigenvalue weighted by Gasteiger charge is -2.12. The molecule has 0 aliphatic heterocycles. The molecule has 2 N–H and O–H groups in total. The van der Waals surface area contributed by atoms with Crippen LogP contribution < -0.4 is 20.1 Å². The Bertz CT molecular complexity index is 715. The van der Waals surface area contributed by atoms with Crippen molar-refractivity contribution in [3.05, 3.63) is 35.5 Å². The van der Waals surface area contributed by atoms with Crippen molar-refractivity contribution in [1.82, 2.24) is 20.8 Å². The maximum atomic E-state index is 5.62. The fraction of sp³-hybridized carbons (Fsp3) is 0.500. The first-order chi connectivity index (χ1) is 12.7. The summed E-state index contributed by atoms with van der Waals surface area (Å²) in [7, 11) is 3.38. The molecule has 0 saturated heterocycles. The molecule has 1 heterocycles. The van der Waals surface area contributed by atoms with E-state index in [0.29, 0.717) is 30.8 Å². The molecule has 0 spiro atoms. The zero-order valence-electron chi connectivity index (χ0n) is 15.8. The number of aliphatic imine (C=N–C) groups is 1. The van der Waals surface area contributed by atoms with Crippen LogP contribution in [0.3, 0.4) is 0 Å². The number of nitrogens with zero attached hydrogens (tertiary/aromatic N) is 3. The molecule has 1 aromatic heterocycles. The normalized spacial score (nSPS) is 11.3. The van der Waals surface area contributed by atoms with Crippen LogP contribution in [-0.4, -0.2) is 43.4 Å². The number of rotatable bonds is 9. The van der Waals surface area contributed by atoms with Crippen LogP contribution in [0.1, 0.15) is 30.6 Å². The fourth-order valence-electron chi connectivity index (χ4n) is 2.44. The average Bonchev–Trinajstić information content (AvgIpc) is 3.07. The van der Waals surface area contributed by atoms with Gasteiger partial charge >= 0.3 is 0 Å². The maximum absolute atomic E-state index is 5.62. The minimum absolute atomic E-state index is 0.441. The first-order valence-electron chi connectivity index (χ1n) is 8.69. The Morgan fingerprint density at radius 3 is 2.77 bits per heavy atom. The van der Waals surface area contributed by atoms with Crippen LogP contribution in [0.15, 0.2) is 27.7 Å². The van der Waals surface area contributed by atoms with Gasteiger partial charge in [0.1, 0.15) is 0 Å². The highest BCUT2D eigenvalue weighted by Crippen LogP contribution is 2.28. The number of aromatic nitrogens is 2. The summed E-state index contributed by atoms with van der Waals surface area (Å²) in [6, 6.07) is 6.04. The second-order valence-electron chi connectivity index (χ2n) is 5.61. The number of methoxy groups -OCH3 is 1. The van der Waals surface area contributed by atoms with Gasteiger partial charge in [0.2, 0.25) is 5.89 Å². The quantitative estimate of drug-likeness (QED) is 0.401. The third kappa shape index (κ3) is 5.94. The molecule has 0 radical (unpaired) electrons. The van der Waals surface area contributed by atoms with E-state index in [1.807, 2.05) is 19.1 Å². The van der Waals surface area contributed by atoms with Crippen molar-refractivity contribution >= 4 is 5.96 Å². The summed E-state index contributed by atoms with van der Waals surface area (Å²) < 4.78 is 16.0. The Balaban J connectivity index is 1.75. The van der Waals surface area contributed by atoms with Crippen LogP contribution in [0, 0.1) is 6.92 Å². The van der Waals surface area contributed by atoms with Gasteiger partial charge in [-0.2, -0.15) is 4.98 Å². The van der Waals surface area contributed by atoms with Gasteiger partial charge in [-0.05, 0) is 44.4 Å². The molecule has 0 unspecified atom stereocenters. The monoisotopic (exact) mass is 361 g/mol. The SMILES string of the molecule is CCOc1cc(CCCNC(=NC)NCc2nc(C)no2)ccc1OC. The lowest BCUT2D eigenvalue weighted by molar-refractivity contribution is 0.310. The zero-order valence-corrected chi connectivity index (χ0v) is 15.8. The van der Waals surface area contributed by atoms with Crippen molar-refractivity contribution in [2.24, 2.45) is 4.99 Å². The van der Waals surface area contributed by atoms with Gasteiger partial charge in [-0.3, -0.25) is 4.99 Å². The molecule has 26 heavy (non-hydrogen) atoms. The number of guanidine groups is 1. The maximum Gasteiger partial charge on any atom is 0.246 e. The first-order valence-corrected chi connectivity index (χ1v) is 8.69. The topological polar surface area (TPSA) is 93.8 Å². The smallest absolute Gasteiger partial charge is 0.246 e. The van der Waals surface area contributed by atoms with E-state index < -0.39 is 0 Å². The van der Waals surface area contributed by atoms with Gasteiger partial charge in [-0.15, -0.1) is 0 Å². The predicted molar refractivity (Wildman–Crippen MR) is 99.7 cm³/mol. The number of ether oxygens (including phenoxy) is 2. The summed E-state index contributed by atoms with van der Waals surface area (Å²) in [6.45, 7) is 5.60. The zero-order chi connectivity index (χ0) is 18.8. The van der Waals surface area contributed by atoms with E-state index in [1.54, 1.807) is 21.1 Å². The van der Waals surface area contributed by atoms with Gasteiger partial charge in [-0.1, -0.05) is 11.2 Å². The van der Waals surface area contributed by atoms with E-state index in [1.165, 1.54) is 5.56 Å². The van der Waals surface area contributed by atoms with Crippen molar-refractivity contribution in [1.29, 1.82) is 0 Å². The van der Waals surface area contributed by atoms with Crippen molar-refractivity contribution in [3.63, 3.8) is 0 Å². The van der Waals surface area contributed by atoms with Crippen LogP contribution in [0.5, 0.6) is 11.5 Å². The van der Waals surface area contributed by atoms with Gasteiger partial charge < -0.3 is 24.6 Å². The largest absolute Gasteiger partial charge is 0.493 e. The second-order valence-corrected chi connectivity index (χ2v) is 5.61. The highest BCUT2D eigenvalue weighted by Gasteiger charge is 2.06. The fourth-order valence-corrected chi connectivity index (χ4v) is 2.44. The Labute approximate surface area is 154 Å². The molecule has 0 aliphatic rings. The van der Waals surface area contributed by atoms with Crippen LogP contribution in [0.25, 0.3) is 0 Å². The summed E-state index contributed by atoms with van der Waals surface area (Å²) in [4.78, 5) is 8.33. The predicted octanol–water partition coefficient (Wildman–Crippen LogP) is 2.08. The van der Waals surface area contributed by atoms with E-state index in [2.05, 4.69) is 31.8 Å². The minimum Gasteiger partial charge on any atom is -0.493 e. The highest BCUT2D eigenvalue weighted by atomic mass is 16.5. The molecule has 142 valence electrons. The van der Waals surface area contributed by atoms with E-state index in [0.717, 1.165) is 30.9 Å². The first kappa shape index (κ1) is 19.6. The summed E-state index contributed by atoms with van der Waals surface area (Å²) in [5.74, 6) is 3.40. The Kier molecular flexibility index (Phi) is 7.73. The molecule has 0 saturated carbocycles. The summed E-state index contributed by atoms with van der Waals surface area (Å²) >= 11 is 0. The van der Waals surface area contributed by atoms with Gasteiger partial charge in [0, 0.05) is 13.6 Å². The van der Waals surface area contributed by atoms with Gasteiger partial charge in [-0.25, -0.2) is 0 Å². The molecule has 0 amide bonds. The van der Waals surface area contributed by atoms with Crippen LogP contribution in [-0.2, 0) is 13.0 Å². The summed E-state index contributed by atoms with van der Waals surface area (Å²) in [6.07, 6.45) is 1.88. The average molecular weight is 361 g/mol. The van der Waals surface area contributed by atoms with Gasteiger partial charge in [0.05, 0.1) is 20.3 Å². The van der Waals surface area contributed by atoms with Crippen molar-refractivity contribution in [3.8, 4) is 11.5 Å². The molecule has 0 atom stereocenters. The van der Waals surface area contributed by atoms with E-state index in [4.69, 9.17) is 14.0 Å². The molecule has 2 aromatic rings. The molecule has 0 aliphatic carbocycles. The molecule has 2 rings (SSSR count). The lowest BCUT2D eigenvalue weighted by atomic mass is 10.1. The molecule has 1 aromatic carbocycles. The van der Waals surface area contributed by atoms with Gasteiger partial charge in [0.25, 0.3) is 0 Å². The van der Waals surface area contributed by atoms with Crippen molar-refractivity contribution in [2.45, 2.75) is 33.2 Å². The Hall–Kier alpha value is -2.77. The second kappa shape index (κ2) is 10.3. The van der Waals surface area contributed by atoms with Crippen molar-refractivity contribution in [2.75, 3.05) is 27.3 Å². The standard InChI is InChI=1S/C18H27N5O3/c1-5-25-16-11-14(8-9-15(16)24-4)7-6-10-20-18(19-3)21-12-17-22-13(2)23-26-17/h8-9,11H,5-7,10,12H2,1-4H3,(H2,19,20,21). The van der Waals surface area contributed by atoms with E-state index in [9.17, 15) is 0 Å². The Morgan fingerprint density at radius 1 is 1.27 bits per heavy atom. The molecule has 8 nitrogen and oxygen atoms in total. The van der Waals surface area contributed by atoms with Gasteiger partial charge in [0.15, 0.2) is 23.3 Å². The molecule has 0 fully saturated rings. The van der Waals surface area contributed by atoms with Crippen LogP contribution in [0.2, 0.25) is 0 Å². The molecule has 8 heteroatoms. The van der Waals surface area contributed by atoms with Crippen molar-refractivity contribution < 1.29 is 14.0 Å². The van der Waals surface area contributed by atoms with E-state index in [-0.39, 0.29) is 0 Å². The third-order valence-electron chi connectivity index (χ3n) is 3.66. The number of benzene rings is 1. The molecule has 0 bridgehead atoms. The third-order valence-corrected chi connectivity index (χ3v) is 3.66. The summed E-state index contributed by atoms with van der Waals surface area (Å²) in [5, 5.41) is 10.2.